The number of nitrogens with zero attached hydrogens (tertiary/aromatic N) is 1. The van der Waals surface area contributed by atoms with Crippen molar-refractivity contribution < 1.29 is 0 Å². The van der Waals surface area contributed by atoms with Gasteiger partial charge in [-0.3, -0.25) is 4.99 Å². The van der Waals surface area contributed by atoms with Crippen LogP contribution in [0, 0.1) is 19.8 Å². The smallest absolute Gasteiger partial charge is 0.191 e. The summed E-state index contributed by atoms with van der Waals surface area (Å²) in [4.78, 5) is 4.22. The number of aliphatic imine (C=N–C) groups is 1. The number of hydrogen-bond donors (Lipinski definition) is 2. The first-order chi connectivity index (χ1) is 8.52. The molecule has 0 aliphatic carbocycles. The quantitative estimate of drug-likeness (QED) is 0.634. The van der Waals surface area contributed by atoms with Crippen molar-refractivity contribution in [1.29, 1.82) is 0 Å². The molecule has 0 bridgehead atoms. The van der Waals surface area contributed by atoms with Crippen LogP contribution in [0.3, 0.4) is 0 Å². The molecule has 0 unspecified atom stereocenters. The zero-order valence-corrected chi connectivity index (χ0v) is 12.2. The highest BCUT2D eigenvalue weighted by atomic mass is 15.2. The molecular weight excluding hydrogens is 222 g/mol. The number of nitrogens with one attached hydrogen (secondary N) is 2. The molecule has 0 fully saturated rings. The Morgan fingerprint density at radius 2 is 1.94 bits per heavy atom. The Morgan fingerprint density at radius 3 is 2.50 bits per heavy atom. The highest BCUT2D eigenvalue weighted by Gasteiger charge is 2.02. The molecule has 1 aromatic rings. The summed E-state index contributed by atoms with van der Waals surface area (Å²) < 4.78 is 0. The third-order valence-electron chi connectivity index (χ3n) is 2.85. The Hall–Kier alpha value is -1.51. The molecule has 0 amide bonds. The van der Waals surface area contributed by atoms with Crippen molar-refractivity contribution >= 4 is 5.96 Å². The first kappa shape index (κ1) is 14.6. The van der Waals surface area contributed by atoms with Gasteiger partial charge in [0.2, 0.25) is 0 Å². The zero-order chi connectivity index (χ0) is 13.5. The van der Waals surface area contributed by atoms with Gasteiger partial charge in [-0.05, 0) is 30.9 Å². The molecule has 0 aromatic heterocycles. The summed E-state index contributed by atoms with van der Waals surface area (Å²) in [6, 6.07) is 6.53. The van der Waals surface area contributed by atoms with Crippen LogP contribution in [-0.4, -0.2) is 19.6 Å². The van der Waals surface area contributed by atoms with E-state index in [9.17, 15) is 0 Å². The molecule has 1 rings (SSSR count). The lowest BCUT2D eigenvalue weighted by atomic mass is 10.1. The average Bonchev–Trinajstić information content (AvgIpc) is 2.31. The summed E-state index contributed by atoms with van der Waals surface area (Å²) >= 11 is 0. The Morgan fingerprint density at radius 1 is 1.22 bits per heavy atom. The van der Waals surface area contributed by atoms with Crippen molar-refractivity contribution in [3.63, 3.8) is 0 Å². The molecule has 1 aromatic carbocycles. The molecule has 0 radical (unpaired) electrons. The molecule has 0 heterocycles. The predicted octanol–water partition coefficient (Wildman–Crippen LogP) is 2.62. The molecule has 0 aliphatic heterocycles. The molecule has 0 saturated heterocycles. The summed E-state index contributed by atoms with van der Waals surface area (Å²) in [7, 11) is 1.80. The minimum atomic E-state index is 0.615. The Kier molecular flexibility index (Phi) is 5.69. The van der Waals surface area contributed by atoms with Crippen LogP contribution in [0.25, 0.3) is 0 Å². The lowest BCUT2D eigenvalue weighted by Gasteiger charge is -2.14. The molecule has 100 valence electrons. The van der Waals surface area contributed by atoms with Gasteiger partial charge in [0.1, 0.15) is 0 Å². The predicted molar refractivity (Wildman–Crippen MR) is 79.0 cm³/mol. The summed E-state index contributed by atoms with van der Waals surface area (Å²) in [5.74, 6) is 1.48. The van der Waals surface area contributed by atoms with Gasteiger partial charge in [0.25, 0.3) is 0 Å². The minimum absolute atomic E-state index is 0.615. The van der Waals surface area contributed by atoms with Crippen molar-refractivity contribution in [1.82, 2.24) is 10.6 Å². The van der Waals surface area contributed by atoms with Gasteiger partial charge in [-0.1, -0.05) is 37.6 Å². The van der Waals surface area contributed by atoms with Crippen LogP contribution >= 0.6 is 0 Å². The Bertz CT molecular complexity index is 408. The lowest BCUT2D eigenvalue weighted by Crippen LogP contribution is -2.38. The van der Waals surface area contributed by atoms with E-state index in [1.807, 2.05) is 0 Å². The molecule has 3 nitrogen and oxygen atoms in total. The summed E-state index contributed by atoms with van der Waals surface area (Å²) in [5.41, 5.74) is 3.94. The SMILES string of the molecule is CN=C(NCc1ccc(C)cc1C)NCC(C)C. The number of aryl methyl sites for hydroxylation is 2. The van der Waals surface area contributed by atoms with Crippen LogP contribution in [0.5, 0.6) is 0 Å². The van der Waals surface area contributed by atoms with Crippen LogP contribution in [-0.2, 0) is 6.54 Å². The Labute approximate surface area is 111 Å². The van der Waals surface area contributed by atoms with Gasteiger partial charge in [-0.2, -0.15) is 0 Å². The maximum absolute atomic E-state index is 4.22. The fraction of sp³-hybridized carbons (Fsp3) is 0.533. The normalized spacial score (nSPS) is 11.8. The van der Waals surface area contributed by atoms with Crippen LogP contribution in [0.2, 0.25) is 0 Å². The maximum atomic E-state index is 4.22. The van der Waals surface area contributed by atoms with Gasteiger partial charge < -0.3 is 10.6 Å². The number of benzene rings is 1. The fourth-order valence-electron chi connectivity index (χ4n) is 1.74. The summed E-state index contributed by atoms with van der Waals surface area (Å²) in [6.07, 6.45) is 0. The molecule has 0 aliphatic rings. The first-order valence-corrected chi connectivity index (χ1v) is 6.53. The minimum Gasteiger partial charge on any atom is -0.356 e. The second-order valence-electron chi connectivity index (χ2n) is 5.13. The largest absolute Gasteiger partial charge is 0.356 e. The van der Waals surface area contributed by atoms with Gasteiger partial charge in [-0.25, -0.2) is 0 Å². The highest BCUT2D eigenvalue weighted by Crippen LogP contribution is 2.09. The van der Waals surface area contributed by atoms with E-state index in [1.54, 1.807) is 7.05 Å². The molecule has 0 atom stereocenters. The number of hydrogen-bond acceptors (Lipinski definition) is 1. The van der Waals surface area contributed by atoms with E-state index in [1.165, 1.54) is 16.7 Å². The van der Waals surface area contributed by atoms with Crippen LogP contribution in [0.4, 0.5) is 0 Å². The Balaban J connectivity index is 2.52. The molecule has 2 N–H and O–H groups in total. The van der Waals surface area contributed by atoms with Gasteiger partial charge in [0.05, 0.1) is 0 Å². The van der Waals surface area contributed by atoms with E-state index in [2.05, 4.69) is 61.5 Å². The van der Waals surface area contributed by atoms with Crippen LogP contribution < -0.4 is 10.6 Å². The van der Waals surface area contributed by atoms with Crippen molar-refractivity contribution in [2.45, 2.75) is 34.2 Å². The zero-order valence-electron chi connectivity index (χ0n) is 12.2. The fourth-order valence-corrected chi connectivity index (χ4v) is 1.74. The third-order valence-corrected chi connectivity index (χ3v) is 2.85. The van der Waals surface area contributed by atoms with Gasteiger partial charge in [-0.15, -0.1) is 0 Å². The van der Waals surface area contributed by atoms with E-state index in [-0.39, 0.29) is 0 Å². The molecule has 0 spiro atoms. The van der Waals surface area contributed by atoms with Crippen molar-refractivity contribution in [3.05, 3.63) is 34.9 Å². The first-order valence-electron chi connectivity index (χ1n) is 6.53. The number of rotatable bonds is 4. The van der Waals surface area contributed by atoms with E-state index >= 15 is 0 Å². The van der Waals surface area contributed by atoms with Crippen LogP contribution in [0.1, 0.15) is 30.5 Å². The van der Waals surface area contributed by atoms with E-state index in [4.69, 9.17) is 0 Å². The summed E-state index contributed by atoms with van der Waals surface area (Å²) in [6.45, 7) is 10.4. The van der Waals surface area contributed by atoms with Gasteiger partial charge in [0, 0.05) is 20.1 Å². The second-order valence-corrected chi connectivity index (χ2v) is 5.13. The van der Waals surface area contributed by atoms with E-state index in [0.29, 0.717) is 5.92 Å². The van der Waals surface area contributed by atoms with Crippen molar-refractivity contribution in [2.75, 3.05) is 13.6 Å². The van der Waals surface area contributed by atoms with Gasteiger partial charge in [0.15, 0.2) is 5.96 Å². The highest BCUT2D eigenvalue weighted by molar-refractivity contribution is 5.79. The third kappa shape index (κ3) is 4.78. The summed E-state index contributed by atoms with van der Waals surface area (Å²) in [5, 5.41) is 6.65. The van der Waals surface area contributed by atoms with E-state index in [0.717, 1.165) is 19.0 Å². The molecule has 3 heteroatoms. The molecule has 18 heavy (non-hydrogen) atoms. The second kappa shape index (κ2) is 7.04. The monoisotopic (exact) mass is 247 g/mol. The number of guanidine groups is 1. The topological polar surface area (TPSA) is 36.4 Å². The van der Waals surface area contributed by atoms with Gasteiger partial charge >= 0.3 is 0 Å². The standard InChI is InChI=1S/C15H25N3/c1-11(2)9-17-15(16-5)18-10-14-7-6-12(3)8-13(14)4/h6-8,11H,9-10H2,1-5H3,(H2,16,17,18). The van der Waals surface area contributed by atoms with Crippen LogP contribution in [0.15, 0.2) is 23.2 Å². The average molecular weight is 247 g/mol. The van der Waals surface area contributed by atoms with Crippen molar-refractivity contribution in [3.8, 4) is 0 Å². The van der Waals surface area contributed by atoms with Crippen molar-refractivity contribution in [2.24, 2.45) is 10.9 Å². The molecule has 0 saturated carbocycles. The lowest BCUT2D eigenvalue weighted by molar-refractivity contribution is 0.614. The van der Waals surface area contributed by atoms with E-state index < -0.39 is 0 Å². The maximum Gasteiger partial charge on any atom is 0.191 e. The molecular formula is C15H25N3.